The third-order valence-electron chi connectivity index (χ3n) is 4.72. The Morgan fingerprint density at radius 2 is 1.90 bits per heavy atom. The fourth-order valence-electron chi connectivity index (χ4n) is 3.30. The number of amides is 3. The fraction of sp³-hybridized carbons (Fsp3) is 0.0909. The van der Waals surface area contributed by atoms with Gasteiger partial charge in [-0.2, -0.15) is 5.26 Å². The molecule has 0 unspecified atom stereocenters. The molecule has 0 aliphatic carbocycles. The van der Waals surface area contributed by atoms with Crippen LogP contribution in [-0.2, 0) is 6.42 Å². The van der Waals surface area contributed by atoms with Gasteiger partial charge in [0.05, 0.1) is 37.7 Å². The van der Waals surface area contributed by atoms with Crippen molar-refractivity contribution in [3.63, 3.8) is 0 Å². The molecule has 4 rings (SSSR count). The van der Waals surface area contributed by atoms with Crippen LogP contribution in [0.3, 0.4) is 0 Å². The molecule has 6 nitrogen and oxygen atoms in total. The predicted molar refractivity (Wildman–Crippen MR) is 114 cm³/mol. The molecule has 3 aromatic rings. The van der Waals surface area contributed by atoms with Crippen LogP contribution < -0.4 is 5.32 Å². The number of carbonyl (C=O) groups is 3. The summed E-state index contributed by atoms with van der Waals surface area (Å²) in [6, 6.07) is 17.1. The van der Waals surface area contributed by atoms with Gasteiger partial charge in [-0.05, 0) is 48.4 Å². The lowest BCUT2D eigenvalue weighted by molar-refractivity contribution is 0.0656. The van der Waals surface area contributed by atoms with E-state index in [0.717, 1.165) is 16.9 Å². The fourth-order valence-corrected chi connectivity index (χ4v) is 4.24. The lowest BCUT2D eigenvalue weighted by atomic mass is 10.1. The van der Waals surface area contributed by atoms with Gasteiger partial charge in [-0.15, -0.1) is 11.3 Å². The highest BCUT2D eigenvalue weighted by atomic mass is 35.5. The van der Waals surface area contributed by atoms with Crippen LogP contribution in [0.4, 0.5) is 5.69 Å². The number of rotatable bonds is 5. The third kappa shape index (κ3) is 3.71. The summed E-state index contributed by atoms with van der Waals surface area (Å²) >= 11 is 7.01. The van der Waals surface area contributed by atoms with Crippen LogP contribution in [0.1, 0.15) is 41.5 Å². The molecular formula is C22H14ClN3O3S. The lowest BCUT2D eigenvalue weighted by Crippen LogP contribution is -2.32. The van der Waals surface area contributed by atoms with E-state index < -0.39 is 17.7 Å². The number of hydrogen-bond acceptors (Lipinski definition) is 5. The molecule has 1 aliphatic rings. The first kappa shape index (κ1) is 19.8. The van der Waals surface area contributed by atoms with Crippen molar-refractivity contribution in [2.45, 2.75) is 6.42 Å². The van der Waals surface area contributed by atoms with E-state index in [1.165, 1.54) is 4.90 Å². The van der Waals surface area contributed by atoms with Crippen molar-refractivity contribution >= 4 is 46.3 Å². The van der Waals surface area contributed by atoms with Crippen LogP contribution in [0.5, 0.6) is 0 Å². The number of imide groups is 1. The highest BCUT2D eigenvalue weighted by Crippen LogP contribution is 2.30. The summed E-state index contributed by atoms with van der Waals surface area (Å²) in [7, 11) is 0. The smallest absolute Gasteiger partial charge is 0.265 e. The highest BCUT2D eigenvalue weighted by Gasteiger charge is 2.37. The molecule has 0 fully saturated rings. The molecule has 30 heavy (non-hydrogen) atoms. The Labute approximate surface area is 181 Å². The number of nitrogens with zero attached hydrogens (tertiary/aromatic N) is 2. The summed E-state index contributed by atoms with van der Waals surface area (Å²) in [5.41, 5.74) is 2.11. The number of anilines is 1. The molecule has 1 aliphatic heterocycles. The Balaban J connectivity index is 1.55. The second kappa shape index (κ2) is 8.11. The van der Waals surface area contributed by atoms with Gasteiger partial charge in [0, 0.05) is 6.54 Å². The van der Waals surface area contributed by atoms with Crippen molar-refractivity contribution in [1.82, 2.24) is 4.90 Å². The molecule has 1 N–H and O–H groups in total. The Morgan fingerprint density at radius 1 is 1.10 bits per heavy atom. The van der Waals surface area contributed by atoms with Crippen molar-refractivity contribution in [2.24, 2.45) is 0 Å². The van der Waals surface area contributed by atoms with E-state index in [1.54, 1.807) is 48.5 Å². The summed E-state index contributed by atoms with van der Waals surface area (Å²) in [6.07, 6.45) is 0.427. The molecule has 0 saturated heterocycles. The van der Waals surface area contributed by atoms with Crippen LogP contribution in [0.15, 0.2) is 54.6 Å². The van der Waals surface area contributed by atoms with Crippen LogP contribution in [-0.4, -0.2) is 29.2 Å². The maximum atomic E-state index is 13.0. The molecule has 2 aromatic carbocycles. The second-order valence-corrected chi connectivity index (χ2v) is 8.33. The van der Waals surface area contributed by atoms with E-state index in [1.807, 2.05) is 6.07 Å². The second-order valence-electron chi connectivity index (χ2n) is 6.61. The van der Waals surface area contributed by atoms with Gasteiger partial charge in [0.2, 0.25) is 0 Å². The minimum absolute atomic E-state index is 0.176. The molecule has 1 aromatic heterocycles. The van der Waals surface area contributed by atoms with Gasteiger partial charge in [0.15, 0.2) is 0 Å². The van der Waals surface area contributed by atoms with E-state index in [9.17, 15) is 14.4 Å². The van der Waals surface area contributed by atoms with Gasteiger partial charge >= 0.3 is 0 Å². The summed E-state index contributed by atoms with van der Waals surface area (Å²) in [4.78, 5) is 39.8. The number of nitriles is 1. The predicted octanol–water partition coefficient (Wildman–Crippen LogP) is 4.36. The van der Waals surface area contributed by atoms with Crippen LogP contribution in [0.2, 0.25) is 4.34 Å². The van der Waals surface area contributed by atoms with Crippen molar-refractivity contribution in [2.75, 3.05) is 11.9 Å². The van der Waals surface area contributed by atoms with E-state index in [4.69, 9.17) is 16.9 Å². The number of fused-ring (bicyclic) bond motifs is 1. The molecule has 8 heteroatoms. The molecular weight excluding hydrogens is 422 g/mol. The SMILES string of the molecule is N#Cc1cccc(CCN2C(=O)c3cccc(NC(=O)c4ccc(Cl)s4)c3C2=O)c1. The minimum Gasteiger partial charge on any atom is -0.321 e. The topological polar surface area (TPSA) is 90.3 Å². The molecule has 0 spiro atoms. The van der Waals surface area contributed by atoms with Gasteiger partial charge in [0.1, 0.15) is 0 Å². The average molecular weight is 436 g/mol. The van der Waals surface area contributed by atoms with Gasteiger partial charge in [0.25, 0.3) is 17.7 Å². The molecule has 0 atom stereocenters. The summed E-state index contributed by atoms with van der Waals surface area (Å²) in [5.74, 6) is -1.25. The van der Waals surface area contributed by atoms with E-state index >= 15 is 0 Å². The van der Waals surface area contributed by atoms with Gasteiger partial charge in [-0.3, -0.25) is 19.3 Å². The Morgan fingerprint density at radius 3 is 2.63 bits per heavy atom. The Bertz CT molecular complexity index is 1230. The lowest BCUT2D eigenvalue weighted by Gasteiger charge is -2.14. The van der Waals surface area contributed by atoms with Crippen molar-refractivity contribution in [3.05, 3.63) is 86.1 Å². The molecule has 0 bridgehead atoms. The molecule has 0 saturated carbocycles. The van der Waals surface area contributed by atoms with Crippen LogP contribution in [0.25, 0.3) is 0 Å². The normalized spacial score (nSPS) is 12.6. The first-order valence-electron chi connectivity index (χ1n) is 9.03. The third-order valence-corrected chi connectivity index (χ3v) is 5.95. The molecule has 2 heterocycles. The first-order chi connectivity index (χ1) is 14.5. The zero-order valence-electron chi connectivity index (χ0n) is 15.5. The summed E-state index contributed by atoms with van der Waals surface area (Å²) in [5, 5.41) is 11.7. The zero-order valence-corrected chi connectivity index (χ0v) is 17.1. The number of carbonyl (C=O) groups excluding carboxylic acids is 3. The van der Waals surface area contributed by atoms with Crippen LogP contribution >= 0.6 is 22.9 Å². The maximum Gasteiger partial charge on any atom is 0.265 e. The van der Waals surface area contributed by atoms with Crippen LogP contribution in [0, 0.1) is 11.3 Å². The number of nitrogens with one attached hydrogen (secondary N) is 1. The molecule has 0 radical (unpaired) electrons. The standard InChI is InChI=1S/C22H14ClN3O3S/c23-18-8-7-17(30-18)20(27)25-16-6-2-5-15-19(16)22(29)26(21(15)28)10-9-13-3-1-4-14(11-13)12-24/h1-8,11H,9-10H2,(H,25,27). The monoisotopic (exact) mass is 435 g/mol. The quantitative estimate of drug-likeness (QED) is 0.602. The summed E-state index contributed by atoms with van der Waals surface area (Å²) < 4.78 is 0.483. The van der Waals surface area contributed by atoms with Crippen molar-refractivity contribution in [1.29, 1.82) is 5.26 Å². The number of benzene rings is 2. The van der Waals surface area contributed by atoms with E-state index in [2.05, 4.69) is 11.4 Å². The zero-order chi connectivity index (χ0) is 21.3. The average Bonchev–Trinajstić information content (AvgIpc) is 3.29. The molecule has 3 amide bonds. The Hall–Kier alpha value is -3.47. The first-order valence-corrected chi connectivity index (χ1v) is 10.2. The van der Waals surface area contributed by atoms with Gasteiger partial charge < -0.3 is 5.32 Å². The van der Waals surface area contributed by atoms with Gasteiger partial charge in [-0.25, -0.2) is 0 Å². The largest absolute Gasteiger partial charge is 0.321 e. The number of thiophene rings is 1. The Kier molecular flexibility index (Phi) is 5.36. The molecule has 148 valence electrons. The van der Waals surface area contributed by atoms with E-state index in [0.29, 0.717) is 21.2 Å². The number of halogens is 1. The van der Waals surface area contributed by atoms with E-state index in [-0.39, 0.29) is 23.4 Å². The number of hydrogen-bond donors (Lipinski definition) is 1. The van der Waals surface area contributed by atoms with Crippen molar-refractivity contribution < 1.29 is 14.4 Å². The van der Waals surface area contributed by atoms with Crippen molar-refractivity contribution in [3.8, 4) is 6.07 Å². The summed E-state index contributed by atoms with van der Waals surface area (Å²) in [6.45, 7) is 0.176. The maximum absolute atomic E-state index is 13.0. The highest BCUT2D eigenvalue weighted by molar-refractivity contribution is 7.18. The minimum atomic E-state index is -0.452. The van der Waals surface area contributed by atoms with Gasteiger partial charge in [-0.1, -0.05) is 29.8 Å².